The summed E-state index contributed by atoms with van der Waals surface area (Å²) in [6.45, 7) is 3.96. The van der Waals surface area contributed by atoms with Crippen molar-refractivity contribution >= 4 is 0 Å². The molecule has 0 spiro atoms. The lowest BCUT2D eigenvalue weighted by atomic mass is 9.81. The summed E-state index contributed by atoms with van der Waals surface area (Å²) >= 11 is 0. The Bertz CT molecular complexity index is 413. The predicted molar refractivity (Wildman–Crippen MR) is 81.9 cm³/mol. The van der Waals surface area contributed by atoms with Crippen LogP contribution in [0, 0.1) is 17.7 Å². The van der Waals surface area contributed by atoms with E-state index < -0.39 is 0 Å². The Labute approximate surface area is 122 Å². The number of nitrogens with zero attached hydrogens (tertiary/aromatic N) is 1. The third-order valence-corrected chi connectivity index (χ3v) is 4.86. The van der Waals surface area contributed by atoms with Crippen molar-refractivity contribution in [2.75, 3.05) is 20.1 Å². The summed E-state index contributed by atoms with van der Waals surface area (Å²) in [5, 5.41) is 0. The maximum absolute atomic E-state index is 13.8. The molecule has 1 fully saturated rings. The van der Waals surface area contributed by atoms with Gasteiger partial charge in [0.1, 0.15) is 5.82 Å². The highest BCUT2D eigenvalue weighted by molar-refractivity contribution is 5.20. The zero-order chi connectivity index (χ0) is 14.5. The van der Waals surface area contributed by atoms with Crippen molar-refractivity contribution in [2.24, 2.45) is 17.6 Å². The highest BCUT2D eigenvalue weighted by atomic mass is 19.1. The van der Waals surface area contributed by atoms with Gasteiger partial charge in [0.25, 0.3) is 0 Å². The first-order valence-electron chi connectivity index (χ1n) is 7.76. The molecule has 2 nitrogen and oxygen atoms in total. The van der Waals surface area contributed by atoms with E-state index in [0.717, 1.165) is 30.5 Å². The number of nitrogens with two attached hydrogens (primary N) is 1. The highest BCUT2D eigenvalue weighted by Gasteiger charge is 2.23. The second-order valence-electron chi connectivity index (χ2n) is 6.26. The molecule has 0 amide bonds. The van der Waals surface area contributed by atoms with Gasteiger partial charge in [-0.05, 0) is 64.1 Å². The van der Waals surface area contributed by atoms with Gasteiger partial charge >= 0.3 is 0 Å². The lowest BCUT2D eigenvalue weighted by Gasteiger charge is -2.33. The van der Waals surface area contributed by atoms with Gasteiger partial charge in [-0.15, -0.1) is 0 Å². The third-order valence-electron chi connectivity index (χ3n) is 4.86. The minimum Gasteiger partial charge on any atom is -0.330 e. The normalized spacial score (nSPS) is 24.9. The lowest BCUT2D eigenvalue weighted by molar-refractivity contribution is 0.173. The van der Waals surface area contributed by atoms with Crippen LogP contribution in [0.1, 0.15) is 44.2 Å². The van der Waals surface area contributed by atoms with Crippen LogP contribution in [0.2, 0.25) is 0 Å². The average Bonchev–Trinajstić information content (AvgIpc) is 2.48. The number of rotatable bonds is 5. The molecule has 1 saturated carbocycles. The highest BCUT2D eigenvalue weighted by Crippen LogP contribution is 2.30. The molecule has 1 aromatic carbocycles. The van der Waals surface area contributed by atoms with E-state index in [1.165, 1.54) is 25.7 Å². The number of halogens is 1. The smallest absolute Gasteiger partial charge is 0.127 e. The fourth-order valence-electron chi connectivity index (χ4n) is 3.27. The molecule has 0 aromatic heterocycles. The topological polar surface area (TPSA) is 29.3 Å². The molecule has 0 radical (unpaired) electrons. The van der Waals surface area contributed by atoms with Crippen LogP contribution in [0.3, 0.4) is 0 Å². The summed E-state index contributed by atoms with van der Waals surface area (Å²) in [7, 11) is 2.10. The fourth-order valence-corrected chi connectivity index (χ4v) is 3.27. The molecule has 1 atom stereocenters. The van der Waals surface area contributed by atoms with E-state index in [-0.39, 0.29) is 11.9 Å². The Morgan fingerprint density at radius 2 is 1.80 bits per heavy atom. The lowest BCUT2D eigenvalue weighted by Crippen LogP contribution is -2.32. The van der Waals surface area contributed by atoms with Gasteiger partial charge in [0.2, 0.25) is 0 Å². The zero-order valence-electron chi connectivity index (χ0n) is 12.7. The van der Waals surface area contributed by atoms with Crippen LogP contribution in [0.4, 0.5) is 4.39 Å². The molecule has 2 rings (SSSR count). The van der Waals surface area contributed by atoms with Crippen molar-refractivity contribution in [3.8, 4) is 0 Å². The van der Waals surface area contributed by atoms with Crippen molar-refractivity contribution in [3.05, 3.63) is 35.6 Å². The van der Waals surface area contributed by atoms with E-state index in [0.29, 0.717) is 0 Å². The van der Waals surface area contributed by atoms with E-state index in [1.807, 2.05) is 12.1 Å². The van der Waals surface area contributed by atoms with Crippen LogP contribution in [-0.4, -0.2) is 25.0 Å². The molecular weight excluding hydrogens is 251 g/mol. The van der Waals surface area contributed by atoms with E-state index in [2.05, 4.69) is 18.9 Å². The third kappa shape index (κ3) is 3.80. The monoisotopic (exact) mass is 278 g/mol. The van der Waals surface area contributed by atoms with Crippen molar-refractivity contribution in [1.29, 1.82) is 0 Å². The Hall–Kier alpha value is -0.930. The first-order valence-corrected chi connectivity index (χ1v) is 7.76. The van der Waals surface area contributed by atoms with Crippen LogP contribution in [0.25, 0.3) is 0 Å². The van der Waals surface area contributed by atoms with Crippen LogP contribution >= 0.6 is 0 Å². The first kappa shape index (κ1) is 15.5. The minimum atomic E-state index is -0.0984. The van der Waals surface area contributed by atoms with Crippen molar-refractivity contribution in [1.82, 2.24) is 4.90 Å². The molecule has 0 heterocycles. The molecule has 112 valence electrons. The molecule has 3 heteroatoms. The van der Waals surface area contributed by atoms with Gasteiger partial charge in [0.15, 0.2) is 0 Å². The second kappa shape index (κ2) is 7.19. The van der Waals surface area contributed by atoms with Gasteiger partial charge < -0.3 is 5.73 Å². The molecule has 1 aliphatic rings. The molecule has 1 aliphatic carbocycles. The summed E-state index contributed by atoms with van der Waals surface area (Å²) in [4.78, 5) is 2.28. The van der Waals surface area contributed by atoms with Crippen molar-refractivity contribution < 1.29 is 4.39 Å². The van der Waals surface area contributed by atoms with Crippen LogP contribution in [0.15, 0.2) is 24.3 Å². The molecule has 1 unspecified atom stereocenters. The van der Waals surface area contributed by atoms with Gasteiger partial charge in [0.05, 0.1) is 0 Å². The number of benzene rings is 1. The number of hydrogen-bond acceptors (Lipinski definition) is 2. The second-order valence-corrected chi connectivity index (χ2v) is 6.26. The molecule has 0 bridgehead atoms. The molecule has 20 heavy (non-hydrogen) atoms. The summed E-state index contributed by atoms with van der Waals surface area (Å²) in [5.41, 5.74) is 6.54. The first-order chi connectivity index (χ1) is 9.61. The van der Waals surface area contributed by atoms with E-state index in [9.17, 15) is 4.39 Å². The van der Waals surface area contributed by atoms with Gasteiger partial charge in [-0.25, -0.2) is 4.39 Å². The quantitative estimate of drug-likeness (QED) is 0.892. The van der Waals surface area contributed by atoms with Crippen LogP contribution < -0.4 is 5.73 Å². The van der Waals surface area contributed by atoms with E-state index >= 15 is 0 Å². The summed E-state index contributed by atoms with van der Waals surface area (Å²) in [6, 6.07) is 7.23. The van der Waals surface area contributed by atoms with E-state index in [4.69, 9.17) is 5.73 Å². The standard InChI is InChI=1S/C17H27FN2/c1-13(16-5-3-4-6-17(16)18)20(2)12-15-9-7-14(11-19)8-10-15/h3-6,13-15H,7-12,19H2,1-2H3. The van der Waals surface area contributed by atoms with Gasteiger partial charge in [0, 0.05) is 18.2 Å². The average molecular weight is 278 g/mol. The number of hydrogen-bond donors (Lipinski definition) is 1. The fraction of sp³-hybridized carbons (Fsp3) is 0.647. The molecule has 0 aliphatic heterocycles. The Morgan fingerprint density at radius 3 is 2.40 bits per heavy atom. The SMILES string of the molecule is CC(c1ccccc1F)N(C)CC1CCC(CN)CC1. The van der Waals surface area contributed by atoms with Crippen LogP contribution in [-0.2, 0) is 0 Å². The molecular formula is C17H27FN2. The summed E-state index contributed by atoms with van der Waals surface area (Å²) in [5.74, 6) is 1.36. The molecule has 0 saturated heterocycles. The Kier molecular flexibility index (Phi) is 5.55. The largest absolute Gasteiger partial charge is 0.330 e. The zero-order valence-corrected chi connectivity index (χ0v) is 12.7. The van der Waals surface area contributed by atoms with Gasteiger partial charge in [-0.1, -0.05) is 18.2 Å². The predicted octanol–water partition coefficient (Wildman–Crippen LogP) is 3.58. The maximum Gasteiger partial charge on any atom is 0.127 e. The maximum atomic E-state index is 13.8. The van der Waals surface area contributed by atoms with Crippen LogP contribution in [0.5, 0.6) is 0 Å². The molecule has 1 aromatic rings. The summed E-state index contributed by atoms with van der Waals surface area (Å²) < 4.78 is 13.8. The Balaban J connectivity index is 1.89. The van der Waals surface area contributed by atoms with Crippen molar-refractivity contribution in [3.63, 3.8) is 0 Å². The van der Waals surface area contributed by atoms with Gasteiger partial charge in [-0.3, -0.25) is 4.90 Å². The van der Waals surface area contributed by atoms with E-state index in [1.54, 1.807) is 12.1 Å². The van der Waals surface area contributed by atoms with Crippen molar-refractivity contribution in [2.45, 2.75) is 38.6 Å². The molecule has 2 N–H and O–H groups in total. The minimum absolute atomic E-state index is 0.0984. The Morgan fingerprint density at radius 1 is 1.20 bits per heavy atom. The van der Waals surface area contributed by atoms with Gasteiger partial charge in [-0.2, -0.15) is 0 Å². The summed E-state index contributed by atoms with van der Waals surface area (Å²) in [6.07, 6.45) is 5.03.